The van der Waals surface area contributed by atoms with Crippen molar-refractivity contribution < 1.29 is 9.53 Å². The van der Waals surface area contributed by atoms with Crippen LogP contribution < -0.4 is 5.43 Å². The number of rotatable bonds is 4. The van der Waals surface area contributed by atoms with E-state index in [1.165, 1.54) is 44.1 Å². The van der Waals surface area contributed by atoms with Crippen molar-refractivity contribution in [3.8, 4) is 0 Å². The highest BCUT2D eigenvalue weighted by Gasteiger charge is 2.19. The molecule has 0 amide bonds. The fourth-order valence-electron chi connectivity index (χ4n) is 3.90. The number of carbonyl (C=O) groups excluding carboxylic acids is 1. The third-order valence-corrected chi connectivity index (χ3v) is 5.27. The first-order chi connectivity index (χ1) is 12.2. The molecule has 1 aliphatic carbocycles. The molecular formula is C21H27NO3. The SMILES string of the molecule is CCOC(=O)c1cn(CC)c2ccc(C3CCCCCC3)cc2c1=O. The van der Waals surface area contributed by atoms with Gasteiger partial charge in [-0.3, -0.25) is 4.79 Å². The Morgan fingerprint density at radius 2 is 1.88 bits per heavy atom. The summed E-state index contributed by atoms with van der Waals surface area (Å²) in [7, 11) is 0. The normalized spacial score (nSPS) is 15.9. The standard InChI is InChI=1S/C21H27NO3/c1-3-22-14-18(21(24)25-4-2)20(23)17-13-16(11-12-19(17)22)15-9-7-5-6-8-10-15/h11-15H,3-10H2,1-2H3. The van der Waals surface area contributed by atoms with Crippen molar-refractivity contribution in [2.45, 2.75) is 64.8 Å². The predicted octanol–water partition coefficient (Wildman–Crippen LogP) is 4.64. The largest absolute Gasteiger partial charge is 0.462 e. The Hall–Kier alpha value is -2.10. The van der Waals surface area contributed by atoms with Crippen LogP contribution in [-0.2, 0) is 11.3 Å². The summed E-state index contributed by atoms with van der Waals surface area (Å²) < 4.78 is 7.03. The van der Waals surface area contributed by atoms with Gasteiger partial charge in [0.15, 0.2) is 0 Å². The zero-order chi connectivity index (χ0) is 17.8. The molecule has 0 N–H and O–H groups in total. The van der Waals surface area contributed by atoms with Gasteiger partial charge in [0.1, 0.15) is 5.56 Å². The van der Waals surface area contributed by atoms with Crippen LogP contribution in [0, 0.1) is 0 Å². The number of pyridine rings is 1. The third-order valence-electron chi connectivity index (χ3n) is 5.27. The number of benzene rings is 1. The molecule has 1 aromatic heterocycles. The van der Waals surface area contributed by atoms with Crippen LogP contribution in [0.5, 0.6) is 0 Å². The van der Waals surface area contributed by atoms with Crippen molar-refractivity contribution in [3.05, 3.63) is 45.7 Å². The number of nitrogens with zero attached hydrogens (tertiary/aromatic N) is 1. The van der Waals surface area contributed by atoms with Gasteiger partial charge >= 0.3 is 5.97 Å². The molecule has 134 valence electrons. The molecule has 0 aliphatic heterocycles. The van der Waals surface area contributed by atoms with Crippen molar-refractivity contribution >= 4 is 16.9 Å². The van der Waals surface area contributed by atoms with Gasteiger partial charge in [-0.15, -0.1) is 0 Å². The molecule has 4 nitrogen and oxygen atoms in total. The van der Waals surface area contributed by atoms with Crippen molar-refractivity contribution in [1.82, 2.24) is 4.57 Å². The number of carbonyl (C=O) groups is 1. The van der Waals surface area contributed by atoms with Gasteiger partial charge in [-0.25, -0.2) is 4.79 Å². The molecule has 1 aromatic carbocycles. The third kappa shape index (κ3) is 3.63. The zero-order valence-corrected chi connectivity index (χ0v) is 15.2. The van der Waals surface area contributed by atoms with E-state index in [4.69, 9.17) is 4.74 Å². The van der Waals surface area contributed by atoms with Gasteiger partial charge < -0.3 is 9.30 Å². The number of hydrogen-bond acceptors (Lipinski definition) is 3. The molecule has 25 heavy (non-hydrogen) atoms. The number of ether oxygens (including phenoxy) is 1. The van der Waals surface area contributed by atoms with E-state index in [0.717, 1.165) is 5.52 Å². The number of aryl methyl sites for hydroxylation is 1. The van der Waals surface area contributed by atoms with Gasteiger partial charge in [-0.2, -0.15) is 0 Å². The Kier molecular flexibility index (Phi) is 5.57. The molecule has 0 atom stereocenters. The molecule has 0 bridgehead atoms. The summed E-state index contributed by atoms with van der Waals surface area (Å²) in [6.07, 6.45) is 9.12. The Balaban J connectivity index is 2.11. The lowest BCUT2D eigenvalue weighted by atomic mass is 9.90. The Morgan fingerprint density at radius 1 is 1.16 bits per heavy atom. The quantitative estimate of drug-likeness (QED) is 0.601. The van der Waals surface area contributed by atoms with Crippen LogP contribution in [0.4, 0.5) is 0 Å². The van der Waals surface area contributed by atoms with Crippen LogP contribution in [0.15, 0.2) is 29.2 Å². The average molecular weight is 341 g/mol. The second kappa shape index (κ2) is 7.85. The maximum atomic E-state index is 12.9. The summed E-state index contributed by atoms with van der Waals surface area (Å²) in [5.41, 5.74) is 2.04. The van der Waals surface area contributed by atoms with Gasteiger partial charge in [0, 0.05) is 18.1 Å². The van der Waals surface area contributed by atoms with Crippen molar-refractivity contribution in [2.75, 3.05) is 6.61 Å². The highest BCUT2D eigenvalue weighted by Crippen LogP contribution is 2.32. The molecule has 0 radical (unpaired) electrons. The summed E-state index contributed by atoms with van der Waals surface area (Å²) in [5.74, 6) is -0.0101. The van der Waals surface area contributed by atoms with Crippen molar-refractivity contribution in [2.24, 2.45) is 0 Å². The zero-order valence-electron chi connectivity index (χ0n) is 15.2. The lowest BCUT2D eigenvalue weighted by Gasteiger charge is -2.17. The maximum Gasteiger partial charge on any atom is 0.343 e. The smallest absolute Gasteiger partial charge is 0.343 e. The lowest BCUT2D eigenvalue weighted by Crippen LogP contribution is -2.21. The predicted molar refractivity (Wildman–Crippen MR) is 100 cm³/mol. The molecule has 0 spiro atoms. The lowest BCUT2D eigenvalue weighted by molar-refractivity contribution is 0.0524. The van der Waals surface area contributed by atoms with E-state index < -0.39 is 5.97 Å². The van der Waals surface area contributed by atoms with E-state index >= 15 is 0 Å². The average Bonchev–Trinajstić information content (AvgIpc) is 2.91. The molecule has 1 fully saturated rings. The van der Waals surface area contributed by atoms with E-state index in [1.807, 2.05) is 23.6 Å². The van der Waals surface area contributed by atoms with E-state index in [-0.39, 0.29) is 17.6 Å². The van der Waals surface area contributed by atoms with Crippen LogP contribution in [0.2, 0.25) is 0 Å². The molecule has 0 saturated heterocycles. The van der Waals surface area contributed by atoms with Crippen molar-refractivity contribution in [3.63, 3.8) is 0 Å². The van der Waals surface area contributed by atoms with Gasteiger partial charge in [-0.05, 0) is 50.3 Å². The van der Waals surface area contributed by atoms with Crippen LogP contribution in [0.25, 0.3) is 10.9 Å². The van der Waals surface area contributed by atoms with E-state index in [2.05, 4.69) is 6.07 Å². The molecule has 4 heteroatoms. The van der Waals surface area contributed by atoms with E-state index in [0.29, 0.717) is 17.8 Å². The van der Waals surface area contributed by atoms with Gasteiger partial charge in [0.2, 0.25) is 5.43 Å². The van der Waals surface area contributed by atoms with Crippen LogP contribution in [0.3, 0.4) is 0 Å². The molecule has 1 saturated carbocycles. The fraction of sp³-hybridized carbons (Fsp3) is 0.524. The van der Waals surface area contributed by atoms with Crippen molar-refractivity contribution in [1.29, 1.82) is 0 Å². The second-order valence-corrected chi connectivity index (χ2v) is 6.84. The molecule has 1 aliphatic rings. The fourth-order valence-corrected chi connectivity index (χ4v) is 3.90. The summed E-state index contributed by atoms with van der Waals surface area (Å²) in [5, 5.41) is 0.633. The Bertz CT molecular complexity index is 814. The summed E-state index contributed by atoms with van der Waals surface area (Å²) in [6.45, 7) is 4.73. The second-order valence-electron chi connectivity index (χ2n) is 6.84. The number of aromatic nitrogens is 1. The van der Waals surface area contributed by atoms with E-state index in [1.54, 1.807) is 13.1 Å². The summed E-state index contributed by atoms with van der Waals surface area (Å²) in [6, 6.07) is 6.21. The minimum Gasteiger partial charge on any atom is -0.462 e. The minimum atomic E-state index is -0.531. The van der Waals surface area contributed by atoms with Crippen LogP contribution in [0.1, 0.15) is 74.2 Å². The molecular weight excluding hydrogens is 314 g/mol. The summed E-state index contributed by atoms with van der Waals surface area (Å²) >= 11 is 0. The molecule has 1 heterocycles. The maximum absolute atomic E-state index is 12.9. The Labute approximate surface area is 148 Å². The highest BCUT2D eigenvalue weighted by atomic mass is 16.5. The van der Waals surface area contributed by atoms with Crippen LogP contribution >= 0.6 is 0 Å². The van der Waals surface area contributed by atoms with Gasteiger partial charge in [-0.1, -0.05) is 31.7 Å². The monoisotopic (exact) mass is 341 g/mol. The Morgan fingerprint density at radius 3 is 2.52 bits per heavy atom. The first-order valence-corrected chi connectivity index (χ1v) is 9.50. The number of fused-ring (bicyclic) bond motifs is 1. The van der Waals surface area contributed by atoms with Crippen LogP contribution in [-0.4, -0.2) is 17.1 Å². The highest BCUT2D eigenvalue weighted by molar-refractivity contribution is 5.94. The van der Waals surface area contributed by atoms with Gasteiger partial charge in [0.05, 0.1) is 12.1 Å². The molecule has 2 aromatic rings. The van der Waals surface area contributed by atoms with E-state index in [9.17, 15) is 9.59 Å². The molecule has 0 unspecified atom stereocenters. The molecule has 3 rings (SSSR count). The first kappa shape index (κ1) is 17.7. The topological polar surface area (TPSA) is 48.3 Å². The minimum absolute atomic E-state index is 0.134. The number of hydrogen-bond donors (Lipinski definition) is 0. The number of esters is 1. The first-order valence-electron chi connectivity index (χ1n) is 9.50. The van der Waals surface area contributed by atoms with Gasteiger partial charge in [0.25, 0.3) is 0 Å². The summed E-state index contributed by atoms with van der Waals surface area (Å²) in [4.78, 5) is 25.1.